The van der Waals surface area contributed by atoms with Crippen molar-refractivity contribution in [2.45, 2.75) is 83.1 Å². The van der Waals surface area contributed by atoms with Crippen LogP contribution in [0.3, 0.4) is 0 Å². The van der Waals surface area contributed by atoms with Crippen molar-refractivity contribution < 1.29 is 45.1 Å². The largest absolute Gasteiger partial charge is 0 e. The molecule has 0 aliphatic carbocycles. The zero-order valence-electron chi connectivity index (χ0n) is 48.9. The Bertz CT molecular complexity index is 3220. The minimum atomic E-state index is -3.90. The molecule has 0 saturated heterocycles. The molecule has 3 nitrogen and oxygen atoms in total. The number of nitrogens with zero attached hydrogens (tertiary/aromatic N) is 2. The van der Waals surface area contributed by atoms with E-state index in [0.29, 0.717) is 11.0 Å². The monoisotopic (exact) mass is 1030 g/mol. The van der Waals surface area contributed by atoms with Crippen LogP contribution in [0.2, 0.25) is 17.3 Å². The molecule has 8 aromatic rings. The van der Waals surface area contributed by atoms with Gasteiger partial charge in [0, 0.05) is 49.5 Å². The summed E-state index contributed by atoms with van der Waals surface area (Å²) in [5, 5.41) is 1.40. The van der Waals surface area contributed by atoms with E-state index in [-0.39, 0.29) is 36.9 Å². The molecule has 0 atom stereocenters. The molecule has 59 heavy (non-hydrogen) atoms. The molecule has 5 aromatic carbocycles. The van der Waals surface area contributed by atoms with E-state index in [0.717, 1.165) is 67.2 Å². The van der Waals surface area contributed by atoms with Crippen LogP contribution >= 0.6 is 0 Å². The van der Waals surface area contributed by atoms with E-state index in [4.69, 9.17) is 30.0 Å². The van der Waals surface area contributed by atoms with Crippen molar-refractivity contribution in [3.05, 3.63) is 163 Å². The fourth-order valence-corrected chi connectivity index (χ4v) is 9.75. The number of aromatic nitrogens is 2. The van der Waals surface area contributed by atoms with Crippen molar-refractivity contribution in [2.24, 2.45) is 5.41 Å². The number of fused-ring (bicyclic) bond motifs is 3. The van der Waals surface area contributed by atoms with Crippen molar-refractivity contribution in [1.82, 2.24) is 9.97 Å². The SMILES string of the molecule is [2H]C([2H])([2H])C([2H])([2H])C(c1ccnc(-c2[c-]ccc3c2oc2cc(-c4ccccc4)ccc23)c1)(C([2H])([2H])[2H])C([2H])([2H])C([2H])([2H])[2H].[2H]C([2H])(c1cc(-c2[c-]cc(-c3ccccc3)cc2)nc[c]1[Ge]([CH3])([CH3])[CH3])C(C)(C)C.[Ir]. The Hall–Kier alpha value is -4.61. The van der Waals surface area contributed by atoms with Crippen molar-refractivity contribution >= 4 is 39.6 Å². The molecule has 0 spiro atoms. The maximum Gasteiger partial charge on any atom is 0 e. The van der Waals surface area contributed by atoms with Crippen molar-refractivity contribution in [1.29, 1.82) is 0 Å². The van der Waals surface area contributed by atoms with E-state index < -0.39 is 69.3 Å². The van der Waals surface area contributed by atoms with Gasteiger partial charge in [0.05, 0.1) is 5.58 Å². The first kappa shape index (κ1) is 28.0. The number of rotatable bonds is 9. The van der Waals surface area contributed by atoms with Crippen molar-refractivity contribution in [3.63, 3.8) is 0 Å². The standard InChI is InChI=1S/C29H26NO.C25H30GeN.Ir/c1-4-29(3,5-2)22-16-17-30-26(19-22)25-13-9-12-24-23-15-14-21(18-27(23)31-28(24)25)20-10-7-6-8-11-20;1-25(2,3)17-22-16-24(27-18-23(22)26(4,5)6)21-14-12-20(13-15-21)19-10-8-7-9-11-19;/h6-12,14-19H,4-5H2,1-3H3;7-14,16,18H,17H2,1-6H3;/q2*-1;/i1D3,2D3,3D3,4D2,5D2;17D2;. The van der Waals surface area contributed by atoms with Crippen LogP contribution in [0.5, 0.6) is 0 Å². The summed E-state index contributed by atoms with van der Waals surface area (Å²) >= 11 is -2.30. The molecular formula is C54H56GeIrN2O-2. The summed E-state index contributed by atoms with van der Waals surface area (Å²) in [4.78, 5) is 9.00. The van der Waals surface area contributed by atoms with Gasteiger partial charge < -0.3 is 9.40 Å². The molecule has 0 aliphatic rings. The Morgan fingerprint density at radius 1 is 0.712 bits per heavy atom. The Morgan fingerprint density at radius 3 is 2.03 bits per heavy atom. The molecule has 5 heteroatoms. The molecule has 3 aromatic heterocycles. The molecule has 303 valence electrons. The van der Waals surface area contributed by atoms with E-state index in [1.54, 1.807) is 12.1 Å². The van der Waals surface area contributed by atoms with Crippen LogP contribution in [0.15, 0.2) is 144 Å². The third-order valence-electron chi connectivity index (χ3n) is 9.78. The van der Waals surface area contributed by atoms with Gasteiger partial charge in [0.1, 0.15) is 5.58 Å². The minimum Gasteiger partial charge on any atom is 0 e. The van der Waals surface area contributed by atoms with Gasteiger partial charge in [0.25, 0.3) is 0 Å². The number of pyridine rings is 2. The Kier molecular flexibility index (Phi) is 8.71. The fourth-order valence-electron chi connectivity index (χ4n) is 6.82. The second kappa shape index (κ2) is 18.3. The quantitative estimate of drug-likeness (QED) is 0.107. The molecule has 0 amide bonds. The average Bonchev–Trinajstić information content (AvgIpc) is 3.69. The summed E-state index contributed by atoms with van der Waals surface area (Å²) in [6.07, 6.45) is -6.26. The molecule has 8 rings (SSSR count). The van der Waals surface area contributed by atoms with E-state index in [1.165, 1.54) is 0 Å². The maximum atomic E-state index is 8.90. The first-order chi connectivity index (χ1) is 33.7. The van der Waals surface area contributed by atoms with Crippen LogP contribution in [-0.2, 0) is 31.9 Å². The summed E-state index contributed by atoms with van der Waals surface area (Å²) in [6, 6.07) is 45.2. The number of hydrogen-bond donors (Lipinski definition) is 0. The van der Waals surface area contributed by atoms with Crippen LogP contribution in [0, 0.1) is 17.5 Å². The van der Waals surface area contributed by atoms with E-state index in [2.05, 4.69) is 52.6 Å². The smallest absolute Gasteiger partial charge is 0 e. The van der Waals surface area contributed by atoms with Crippen LogP contribution < -0.4 is 4.40 Å². The third kappa shape index (κ3) is 10.1. The van der Waals surface area contributed by atoms with Gasteiger partial charge in [-0.15, -0.1) is 18.2 Å². The molecular weight excluding hydrogens is 957 g/mol. The van der Waals surface area contributed by atoms with Crippen LogP contribution in [0.25, 0.3) is 66.7 Å². The summed E-state index contributed by atoms with van der Waals surface area (Å²) < 4.78 is 132. The van der Waals surface area contributed by atoms with Crippen molar-refractivity contribution in [2.75, 3.05) is 0 Å². The minimum absolute atomic E-state index is 0. The van der Waals surface area contributed by atoms with Gasteiger partial charge in [0.15, 0.2) is 0 Å². The summed E-state index contributed by atoms with van der Waals surface area (Å²) in [6.45, 7) is -5.39. The second-order valence-corrected chi connectivity index (χ2v) is 26.9. The summed E-state index contributed by atoms with van der Waals surface area (Å²) in [5.41, 5.74) is 2.63. The molecule has 0 unspecified atom stereocenters. The van der Waals surface area contributed by atoms with Gasteiger partial charge in [-0.25, -0.2) is 0 Å². The molecule has 0 aliphatic heterocycles. The van der Waals surface area contributed by atoms with Crippen LogP contribution in [0.1, 0.15) is 85.8 Å². The zero-order valence-corrected chi connectivity index (χ0v) is 38.4. The number of furan rings is 1. The predicted molar refractivity (Wildman–Crippen MR) is 249 cm³/mol. The third-order valence-corrected chi connectivity index (χ3v) is 14.0. The van der Waals surface area contributed by atoms with Crippen molar-refractivity contribution in [3.8, 4) is 44.8 Å². The maximum absolute atomic E-state index is 8.90. The van der Waals surface area contributed by atoms with Gasteiger partial charge in [-0.2, -0.15) is 0 Å². The molecule has 0 saturated carbocycles. The fraction of sp³-hybridized carbons (Fsp3) is 0.259. The van der Waals surface area contributed by atoms with Gasteiger partial charge >= 0.3 is 170 Å². The van der Waals surface area contributed by atoms with Crippen LogP contribution in [-0.4, -0.2) is 23.2 Å². The predicted octanol–water partition coefficient (Wildman–Crippen LogP) is 14.5. The van der Waals surface area contributed by atoms with E-state index >= 15 is 0 Å². The Morgan fingerprint density at radius 2 is 1.41 bits per heavy atom. The zero-order chi connectivity index (χ0) is 54.0. The molecule has 0 N–H and O–H groups in total. The van der Waals surface area contributed by atoms with Gasteiger partial charge in [-0.3, -0.25) is 0 Å². The average molecular weight is 1030 g/mol. The second-order valence-electron chi connectivity index (χ2n) is 16.3. The first-order valence-electron chi connectivity index (χ1n) is 26.6. The molecule has 0 fully saturated rings. The van der Waals surface area contributed by atoms with E-state index in [1.807, 2.05) is 112 Å². The van der Waals surface area contributed by atoms with E-state index in [9.17, 15) is 0 Å². The number of benzene rings is 5. The first-order valence-corrected chi connectivity index (χ1v) is 26.5. The van der Waals surface area contributed by atoms with Crippen LogP contribution in [0.4, 0.5) is 0 Å². The topological polar surface area (TPSA) is 38.9 Å². The van der Waals surface area contributed by atoms with Gasteiger partial charge in [-0.1, -0.05) is 80.0 Å². The molecule has 3 heterocycles. The Balaban J connectivity index is 0.000000258. The molecule has 1 radical (unpaired) electrons. The number of hydrogen-bond acceptors (Lipinski definition) is 3. The Labute approximate surface area is 389 Å². The van der Waals surface area contributed by atoms with Gasteiger partial charge in [0.2, 0.25) is 0 Å². The molecule has 0 bridgehead atoms. The normalized spacial score (nSPS) is 17.0. The van der Waals surface area contributed by atoms with Gasteiger partial charge in [-0.05, 0) is 52.7 Å². The summed E-state index contributed by atoms with van der Waals surface area (Å²) in [5.74, 6) is 6.87. The summed E-state index contributed by atoms with van der Waals surface area (Å²) in [7, 11) is 0.